The largest absolute Gasteiger partial charge is 0.356 e. The fraction of sp³-hybridized carbons (Fsp3) is 0.167. The molecule has 0 aliphatic heterocycles. The molecule has 0 fully saturated rings. The third kappa shape index (κ3) is 3.32. The summed E-state index contributed by atoms with van der Waals surface area (Å²) in [5.41, 5.74) is 2.01. The fourth-order valence-corrected chi connectivity index (χ4v) is 3.82. The molecule has 0 amide bonds. The number of sulfonamides is 1. The molecule has 1 heterocycles. The normalized spacial score (nSPS) is 11.6. The van der Waals surface area contributed by atoms with Crippen LogP contribution in [0.4, 0.5) is 14.5 Å². The van der Waals surface area contributed by atoms with Gasteiger partial charge in [-0.3, -0.25) is 4.72 Å². The van der Waals surface area contributed by atoms with Crippen LogP contribution in [0.15, 0.2) is 45.8 Å². The molecule has 8 heteroatoms. The van der Waals surface area contributed by atoms with Crippen molar-refractivity contribution in [3.63, 3.8) is 0 Å². The SMILES string of the molecule is Cc1ccc(-c2onc(C)c2C)cc1S(=O)(=O)Nc1cc(F)ccc1F. The van der Waals surface area contributed by atoms with Gasteiger partial charge in [-0.15, -0.1) is 0 Å². The van der Waals surface area contributed by atoms with Crippen LogP contribution in [0.1, 0.15) is 16.8 Å². The maximum Gasteiger partial charge on any atom is 0.262 e. The van der Waals surface area contributed by atoms with Crippen LogP contribution >= 0.6 is 0 Å². The molecule has 26 heavy (non-hydrogen) atoms. The molecule has 5 nitrogen and oxygen atoms in total. The lowest BCUT2D eigenvalue weighted by Crippen LogP contribution is -2.15. The van der Waals surface area contributed by atoms with Crippen LogP contribution in [0.3, 0.4) is 0 Å². The highest BCUT2D eigenvalue weighted by atomic mass is 32.2. The van der Waals surface area contributed by atoms with Gasteiger partial charge in [-0.2, -0.15) is 0 Å². The predicted molar refractivity (Wildman–Crippen MR) is 93.3 cm³/mol. The zero-order valence-corrected chi connectivity index (χ0v) is 15.1. The lowest BCUT2D eigenvalue weighted by atomic mass is 10.1. The molecule has 0 aliphatic rings. The summed E-state index contributed by atoms with van der Waals surface area (Å²) in [6.07, 6.45) is 0. The Hall–Kier alpha value is -2.74. The highest BCUT2D eigenvalue weighted by molar-refractivity contribution is 7.92. The number of halogens is 2. The number of hydrogen-bond donors (Lipinski definition) is 1. The maximum absolute atomic E-state index is 13.8. The summed E-state index contributed by atoms with van der Waals surface area (Å²) in [5, 5.41) is 3.86. The number of aromatic nitrogens is 1. The van der Waals surface area contributed by atoms with E-state index in [2.05, 4.69) is 9.88 Å². The van der Waals surface area contributed by atoms with E-state index in [9.17, 15) is 17.2 Å². The van der Waals surface area contributed by atoms with Gasteiger partial charge in [-0.05, 0) is 44.5 Å². The molecule has 0 saturated carbocycles. The van der Waals surface area contributed by atoms with Crippen molar-refractivity contribution in [3.8, 4) is 11.3 Å². The molecule has 0 saturated heterocycles. The second kappa shape index (κ2) is 6.53. The lowest BCUT2D eigenvalue weighted by Gasteiger charge is -2.12. The molecule has 3 rings (SSSR count). The number of benzene rings is 2. The van der Waals surface area contributed by atoms with Crippen molar-refractivity contribution < 1.29 is 21.7 Å². The highest BCUT2D eigenvalue weighted by Crippen LogP contribution is 2.30. The predicted octanol–water partition coefficient (Wildman–Crippen LogP) is 4.35. The smallest absolute Gasteiger partial charge is 0.262 e. The topological polar surface area (TPSA) is 72.2 Å². The third-order valence-electron chi connectivity index (χ3n) is 4.07. The van der Waals surface area contributed by atoms with E-state index in [1.165, 1.54) is 6.07 Å². The van der Waals surface area contributed by atoms with Gasteiger partial charge in [-0.25, -0.2) is 17.2 Å². The van der Waals surface area contributed by atoms with Crippen molar-refractivity contribution in [2.45, 2.75) is 25.7 Å². The van der Waals surface area contributed by atoms with Crippen molar-refractivity contribution >= 4 is 15.7 Å². The van der Waals surface area contributed by atoms with E-state index >= 15 is 0 Å². The van der Waals surface area contributed by atoms with Crippen molar-refractivity contribution in [1.82, 2.24) is 5.16 Å². The number of anilines is 1. The van der Waals surface area contributed by atoms with Crippen LogP contribution in [0.25, 0.3) is 11.3 Å². The number of rotatable bonds is 4. The van der Waals surface area contributed by atoms with E-state index in [4.69, 9.17) is 4.52 Å². The number of nitrogens with zero attached hydrogens (tertiary/aromatic N) is 1. The Morgan fingerprint density at radius 2 is 1.77 bits per heavy atom. The lowest BCUT2D eigenvalue weighted by molar-refractivity contribution is 0.426. The van der Waals surface area contributed by atoms with Gasteiger partial charge in [0.25, 0.3) is 10.0 Å². The molecule has 3 aromatic rings. The number of aryl methyl sites for hydroxylation is 2. The van der Waals surface area contributed by atoms with E-state index in [0.29, 0.717) is 22.6 Å². The van der Waals surface area contributed by atoms with Crippen LogP contribution in [0, 0.1) is 32.4 Å². The maximum atomic E-state index is 13.8. The molecular formula is C18H16F2N2O3S. The summed E-state index contributed by atoms with van der Waals surface area (Å²) < 4.78 is 59.9. The monoisotopic (exact) mass is 378 g/mol. The Bertz CT molecular complexity index is 1090. The molecule has 0 unspecified atom stereocenters. The minimum absolute atomic E-state index is 0.0629. The van der Waals surface area contributed by atoms with Crippen molar-refractivity contribution in [2.75, 3.05) is 4.72 Å². The average molecular weight is 378 g/mol. The average Bonchev–Trinajstić information content (AvgIpc) is 2.90. The van der Waals surface area contributed by atoms with E-state index in [1.807, 2.05) is 6.92 Å². The van der Waals surface area contributed by atoms with Gasteiger partial charge < -0.3 is 4.52 Å². The summed E-state index contributed by atoms with van der Waals surface area (Å²) in [6.45, 7) is 5.21. The van der Waals surface area contributed by atoms with Crippen LogP contribution < -0.4 is 4.72 Å². The minimum atomic E-state index is -4.14. The van der Waals surface area contributed by atoms with E-state index in [0.717, 1.165) is 23.8 Å². The Balaban J connectivity index is 2.06. The van der Waals surface area contributed by atoms with Gasteiger partial charge >= 0.3 is 0 Å². The Labute approximate surface area is 149 Å². The van der Waals surface area contributed by atoms with Crippen LogP contribution in [-0.4, -0.2) is 13.6 Å². The molecule has 0 bridgehead atoms. The minimum Gasteiger partial charge on any atom is -0.356 e. The first kappa shape index (κ1) is 18.1. The quantitative estimate of drug-likeness (QED) is 0.733. The first-order chi connectivity index (χ1) is 12.2. The van der Waals surface area contributed by atoms with E-state index < -0.39 is 27.3 Å². The van der Waals surface area contributed by atoms with Gasteiger partial charge in [0.15, 0.2) is 5.76 Å². The fourth-order valence-electron chi connectivity index (χ4n) is 2.49. The molecule has 1 aromatic heterocycles. The summed E-state index contributed by atoms with van der Waals surface area (Å²) in [5.74, 6) is -1.16. The van der Waals surface area contributed by atoms with E-state index in [-0.39, 0.29) is 4.90 Å². The third-order valence-corrected chi connectivity index (χ3v) is 5.58. The molecule has 136 valence electrons. The zero-order chi connectivity index (χ0) is 19.1. The van der Waals surface area contributed by atoms with E-state index in [1.54, 1.807) is 26.0 Å². The Morgan fingerprint density at radius 3 is 2.42 bits per heavy atom. The van der Waals surface area contributed by atoms with Gasteiger partial charge in [0.2, 0.25) is 0 Å². The molecule has 1 N–H and O–H groups in total. The standard InChI is InChI=1S/C18H16F2N2O3S/c1-10-4-5-13(18-11(2)12(3)21-25-18)8-17(10)26(23,24)22-16-9-14(19)6-7-15(16)20/h4-9,22H,1-3H3. The molecule has 0 radical (unpaired) electrons. The van der Waals surface area contributed by atoms with Crippen molar-refractivity contribution in [3.05, 3.63) is 64.9 Å². The summed E-state index contributed by atoms with van der Waals surface area (Å²) in [6, 6.07) is 7.30. The Morgan fingerprint density at radius 1 is 1.04 bits per heavy atom. The summed E-state index contributed by atoms with van der Waals surface area (Å²) in [4.78, 5) is -0.0629. The molecule has 0 spiro atoms. The van der Waals surface area contributed by atoms with Gasteiger partial charge in [0.05, 0.1) is 16.3 Å². The summed E-state index contributed by atoms with van der Waals surface area (Å²) in [7, 11) is -4.14. The number of hydrogen-bond acceptors (Lipinski definition) is 4. The first-order valence-corrected chi connectivity index (χ1v) is 9.19. The van der Waals surface area contributed by atoms with Gasteiger partial charge in [0, 0.05) is 17.2 Å². The van der Waals surface area contributed by atoms with Crippen LogP contribution in [0.2, 0.25) is 0 Å². The van der Waals surface area contributed by atoms with Crippen LogP contribution in [0.5, 0.6) is 0 Å². The van der Waals surface area contributed by atoms with Gasteiger partial charge in [-0.1, -0.05) is 17.3 Å². The molecule has 0 atom stereocenters. The van der Waals surface area contributed by atoms with Crippen molar-refractivity contribution in [2.24, 2.45) is 0 Å². The first-order valence-electron chi connectivity index (χ1n) is 7.71. The van der Waals surface area contributed by atoms with Crippen LogP contribution in [-0.2, 0) is 10.0 Å². The molecule has 2 aromatic carbocycles. The second-order valence-electron chi connectivity index (χ2n) is 5.93. The van der Waals surface area contributed by atoms with Gasteiger partial charge in [0.1, 0.15) is 11.6 Å². The highest BCUT2D eigenvalue weighted by Gasteiger charge is 2.21. The second-order valence-corrected chi connectivity index (χ2v) is 7.58. The Kier molecular flexibility index (Phi) is 4.53. The number of nitrogens with one attached hydrogen (secondary N) is 1. The molecular weight excluding hydrogens is 362 g/mol. The summed E-state index contributed by atoms with van der Waals surface area (Å²) >= 11 is 0. The van der Waals surface area contributed by atoms with Crippen molar-refractivity contribution in [1.29, 1.82) is 0 Å². The molecule has 0 aliphatic carbocycles. The zero-order valence-electron chi connectivity index (χ0n) is 14.3.